The molecule has 0 heterocycles. The van der Waals surface area contributed by atoms with Crippen molar-refractivity contribution < 1.29 is 0 Å². The Bertz CT molecular complexity index is 279. The third-order valence-corrected chi connectivity index (χ3v) is 2.34. The van der Waals surface area contributed by atoms with Crippen molar-refractivity contribution in [2.24, 2.45) is 11.1 Å². The Kier molecular flexibility index (Phi) is 3.33. The van der Waals surface area contributed by atoms with Gasteiger partial charge in [-0.15, -0.1) is 0 Å². The van der Waals surface area contributed by atoms with Crippen molar-refractivity contribution >= 4 is 0 Å². The van der Waals surface area contributed by atoms with Crippen LogP contribution >= 0.6 is 0 Å². The lowest BCUT2D eigenvalue weighted by molar-refractivity contribution is 0.343. The normalized spacial score (nSPS) is 14.1. The second kappa shape index (κ2) is 4.14. The van der Waals surface area contributed by atoms with Gasteiger partial charge in [0.2, 0.25) is 0 Å². The fourth-order valence-corrected chi connectivity index (χ4v) is 1.59. The summed E-state index contributed by atoms with van der Waals surface area (Å²) in [7, 11) is 0. The summed E-state index contributed by atoms with van der Waals surface area (Å²) in [6.07, 6.45) is 1.02. The molecule has 0 fully saturated rings. The van der Waals surface area contributed by atoms with E-state index in [4.69, 9.17) is 5.73 Å². The van der Waals surface area contributed by atoms with E-state index < -0.39 is 0 Å². The second-order valence-electron chi connectivity index (χ2n) is 5.28. The first-order valence-electron chi connectivity index (χ1n) is 5.21. The van der Waals surface area contributed by atoms with Gasteiger partial charge in [0.05, 0.1) is 0 Å². The molecule has 1 aromatic carbocycles. The third kappa shape index (κ3) is 3.51. The highest BCUT2D eigenvalue weighted by atomic mass is 14.6. The zero-order valence-electron chi connectivity index (χ0n) is 9.67. The lowest BCUT2D eigenvalue weighted by Gasteiger charge is -2.23. The van der Waals surface area contributed by atoms with Crippen LogP contribution in [0.2, 0.25) is 0 Å². The summed E-state index contributed by atoms with van der Waals surface area (Å²) in [6.45, 7) is 8.77. The second-order valence-corrected chi connectivity index (χ2v) is 5.28. The molecule has 14 heavy (non-hydrogen) atoms. The summed E-state index contributed by atoms with van der Waals surface area (Å²) in [5, 5.41) is 0. The summed E-state index contributed by atoms with van der Waals surface area (Å²) < 4.78 is 0. The number of benzene rings is 1. The molecule has 1 nitrogen and oxygen atoms in total. The minimum atomic E-state index is 0.163. The summed E-state index contributed by atoms with van der Waals surface area (Å²) >= 11 is 0. The van der Waals surface area contributed by atoms with Crippen LogP contribution in [0.25, 0.3) is 0 Å². The average molecular weight is 191 g/mol. The van der Waals surface area contributed by atoms with Crippen LogP contribution in [0.3, 0.4) is 0 Å². The highest BCUT2D eigenvalue weighted by molar-refractivity contribution is 5.23. The molecule has 1 heteroatoms. The molecule has 0 aliphatic carbocycles. The molecule has 1 atom stereocenters. The van der Waals surface area contributed by atoms with Crippen molar-refractivity contribution in [2.45, 2.75) is 40.2 Å². The molecule has 0 aliphatic heterocycles. The Morgan fingerprint density at radius 2 is 1.64 bits per heavy atom. The maximum atomic E-state index is 6.13. The first kappa shape index (κ1) is 11.3. The standard InChI is InChI=1S/C13H21N/c1-10-5-7-11(8-6-10)12(14)9-13(2,3)4/h5-8,12H,9,14H2,1-4H3/t12-/m0/s1. The van der Waals surface area contributed by atoms with Crippen LogP contribution in [0.4, 0.5) is 0 Å². The molecule has 1 aromatic rings. The zero-order chi connectivity index (χ0) is 10.8. The van der Waals surface area contributed by atoms with E-state index in [1.165, 1.54) is 11.1 Å². The van der Waals surface area contributed by atoms with E-state index in [-0.39, 0.29) is 6.04 Å². The Morgan fingerprint density at radius 1 is 1.14 bits per heavy atom. The zero-order valence-corrected chi connectivity index (χ0v) is 9.67. The number of hydrogen-bond donors (Lipinski definition) is 1. The van der Waals surface area contributed by atoms with Crippen LogP contribution in [0.15, 0.2) is 24.3 Å². The Hall–Kier alpha value is -0.820. The minimum Gasteiger partial charge on any atom is -0.324 e. The Labute approximate surface area is 87.3 Å². The van der Waals surface area contributed by atoms with Gasteiger partial charge in [0.15, 0.2) is 0 Å². The number of rotatable bonds is 2. The van der Waals surface area contributed by atoms with Crippen LogP contribution < -0.4 is 5.73 Å². The van der Waals surface area contributed by atoms with E-state index in [2.05, 4.69) is 52.0 Å². The predicted octanol–water partition coefficient (Wildman–Crippen LogP) is 3.43. The maximum absolute atomic E-state index is 6.13. The Morgan fingerprint density at radius 3 is 2.07 bits per heavy atom. The smallest absolute Gasteiger partial charge is 0.0299 e. The van der Waals surface area contributed by atoms with Crippen LogP contribution in [0.5, 0.6) is 0 Å². The van der Waals surface area contributed by atoms with Crippen molar-refractivity contribution in [3.63, 3.8) is 0 Å². The lowest BCUT2D eigenvalue weighted by Crippen LogP contribution is -2.18. The van der Waals surface area contributed by atoms with Gasteiger partial charge in [-0.3, -0.25) is 0 Å². The van der Waals surface area contributed by atoms with E-state index in [1.807, 2.05) is 0 Å². The van der Waals surface area contributed by atoms with E-state index in [9.17, 15) is 0 Å². The molecule has 0 saturated carbocycles. The number of hydrogen-bond acceptors (Lipinski definition) is 1. The van der Waals surface area contributed by atoms with Gasteiger partial charge >= 0.3 is 0 Å². The molecule has 0 unspecified atom stereocenters. The van der Waals surface area contributed by atoms with Crippen molar-refractivity contribution in [2.75, 3.05) is 0 Å². The van der Waals surface area contributed by atoms with E-state index in [1.54, 1.807) is 0 Å². The van der Waals surface area contributed by atoms with Crippen LogP contribution in [-0.4, -0.2) is 0 Å². The SMILES string of the molecule is Cc1ccc([C@@H](N)CC(C)(C)C)cc1. The van der Waals surface area contributed by atoms with Gasteiger partial charge in [-0.1, -0.05) is 50.6 Å². The fraction of sp³-hybridized carbons (Fsp3) is 0.538. The van der Waals surface area contributed by atoms with Gasteiger partial charge in [-0.25, -0.2) is 0 Å². The third-order valence-electron chi connectivity index (χ3n) is 2.34. The van der Waals surface area contributed by atoms with Crippen molar-refractivity contribution in [1.82, 2.24) is 0 Å². The van der Waals surface area contributed by atoms with Gasteiger partial charge < -0.3 is 5.73 Å². The molecule has 0 aliphatic rings. The predicted molar refractivity (Wildman–Crippen MR) is 62.2 cm³/mol. The molecule has 0 bridgehead atoms. The van der Waals surface area contributed by atoms with Gasteiger partial charge in [-0.05, 0) is 24.3 Å². The number of aryl methyl sites for hydroxylation is 1. The molecule has 0 radical (unpaired) electrons. The molecular weight excluding hydrogens is 170 g/mol. The first-order chi connectivity index (χ1) is 6.38. The highest BCUT2D eigenvalue weighted by Gasteiger charge is 2.16. The maximum Gasteiger partial charge on any atom is 0.0299 e. The Balaban J connectivity index is 2.70. The molecule has 0 aromatic heterocycles. The summed E-state index contributed by atoms with van der Waals surface area (Å²) in [4.78, 5) is 0. The largest absolute Gasteiger partial charge is 0.324 e. The van der Waals surface area contributed by atoms with Gasteiger partial charge in [0.1, 0.15) is 0 Å². The van der Waals surface area contributed by atoms with Crippen LogP contribution in [0.1, 0.15) is 44.4 Å². The number of nitrogens with two attached hydrogens (primary N) is 1. The summed E-state index contributed by atoms with van der Waals surface area (Å²) in [6, 6.07) is 8.67. The molecule has 0 amide bonds. The van der Waals surface area contributed by atoms with Gasteiger partial charge in [0.25, 0.3) is 0 Å². The van der Waals surface area contributed by atoms with Crippen LogP contribution in [0, 0.1) is 12.3 Å². The summed E-state index contributed by atoms with van der Waals surface area (Å²) in [5.41, 5.74) is 8.96. The summed E-state index contributed by atoms with van der Waals surface area (Å²) in [5.74, 6) is 0. The van der Waals surface area contributed by atoms with Crippen molar-refractivity contribution in [1.29, 1.82) is 0 Å². The van der Waals surface area contributed by atoms with E-state index in [0.29, 0.717) is 5.41 Å². The fourth-order valence-electron chi connectivity index (χ4n) is 1.59. The molecule has 1 rings (SSSR count). The van der Waals surface area contributed by atoms with E-state index >= 15 is 0 Å². The minimum absolute atomic E-state index is 0.163. The average Bonchev–Trinajstić information content (AvgIpc) is 2.02. The monoisotopic (exact) mass is 191 g/mol. The van der Waals surface area contributed by atoms with E-state index in [0.717, 1.165) is 6.42 Å². The van der Waals surface area contributed by atoms with Crippen molar-refractivity contribution in [3.8, 4) is 0 Å². The molecule has 0 saturated heterocycles. The van der Waals surface area contributed by atoms with Gasteiger partial charge in [-0.2, -0.15) is 0 Å². The quantitative estimate of drug-likeness (QED) is 0.761. The topological polar surface area (TPSA) is 26.0 Å². The first-order valence-corrected chi connectivity index (χ1v) is 5.21. The molecule has 0 spiro atoms. The molecule has 2 N–H and O–H groups in total. The van der Waals surface area contributed by atoms with Crippen LogP contribution in [-0.2, 0) is 0 Å². The van der Waals surface area contributed by atoms with Crippen molar-refractivity contribution in [3.05, 3.63) is 35.4 Å². The molecular formula is C13H21N. The lowest BCUT2D eigenvalue weighted by atomic mass is 9.86. The van der Waals surface area contributed by atoms with Gasteiger partial charge in [0, 0.05) is 6.04 Å². The molecule has 78 valence electrons. The highest BCUT2D eigenvalue weighted by Crippen LogP contribution is 2.27.